The summed E-state index contributed by atoms with van der Waals surface area (Å²) in [5.74, 6) is 0.827. The lowest BCUT2D eigenvalue weighted by Crippen LogP contribution is -2.17. The maximum atomic E-state index is 5.36. The van der Waals surface area contributed by atoms with E-state index in [1.54, 1.807) is 6.34 Å². The molecule has 3 rings (SSSR count). The van der Waals surface area contributed by atoms with Gasteiger partial charge in [-0.25, -0.2) is 0 Å². The second-order valence-corrected chi connectivity index (χ2v) is 4.21. The van der Waals surface area contributed by atoms with Crippen LogP contribution in [0.1, 0.15) is 5.56 Å². The minimum absolute atomic E-state index is 0.704. The fourth-order valence-corrected chi connectivity index (χ4v) is 1.61. The second-order valence-electron chi connectivity index (χ2n) is 4.21. The molecule has 0 saturated heterocycles. The van der Waals surface area contributed by atoms with Gasteiger partial charge in [0.05, 0.1) is 19.4 Å². The van der Waals surface area contributed by atoms with Crippen LogP contribution in [0, 0.1) is 0 Å². The summed E-state index contributed by atoms with van der Waals surface area (Å²) in [7, 11) is 0. The lowest BCUT2D eigenvalue weighted by Gasteiger charge is -2.06. The van der Waals surface area contributed by atoms with Crippen molar-refractivity contribution in [2.24, 2.45) is 4.99 Å². The number of benzene rings is 2. The molecule has 0 amide bonds. The molecule has 0 fully saturated rings. The van der Waals surface area contributed by atoms with Crippen LogP contribution in [0.5, 0.6) is 5.75 Å². The van der Waals surface area contributed by atoms with E-state index in [0.717, 1.165) is 18.8 Å². The number of hydrogen-bond donors (Lipinski definition) is 2. The molecule has 104 valence electrons. The number of hydroxylamine groups is 1. The maximum absolute atomic E-state index is 5.36. The minimum atomic E-state index is 0.704. The Labute approximate surface area is 119 Å². The molecular formula is C16H19N3O. The van der Waals surface area contributed by atoms with Gasteiger partial charge in [0.2, 0.25) is 0 Å². The molecule has 1 heterocycles. The van der Waals surface area contributed by atoms with Gasteiger partial charge in [0, 0.05) is 6.54 Å². The van der Waals surface area contributed by atoms with Crippen molar-refractivity contribution in [3.63, 3.8) is 0 Å². The standard InChI is InChI=1S/C13H13NO.C3H6N2/c1-3-7-12(8-4-1)11-14-15-13-9-5-2-6-10-13;1-2-5-3-4-1/h1-10,14H,11H2;3H,1-2H2,(H,4,5). The summed E-state index contributed by atoms with van der Waals surface area (Å²) in [6.45, 7) is 2.69. The van der Waals surface area contributed by atoms with Crippen LogP contribution in [0.25, 0.3) is 0 Å². The smallest absolute Gasteiger partial charge is 0.147 e. The zero-order chi connectivity index (χ0) is 13.9. The minimum Gasteiger partial charge on any atom is -0.408 e. The van der Waals surface area contributed by atoms with Crippen LogP contribution in [0.2, 0.25) is 0 Å². The number of hydrogen-bond acceptors (Lipinski definition) is 4. The molecule has 0 atom stereocenters. The van der Waals surface area contributed by atoms with Crippen molar-refractivity contribution in [2.75, 3.05) is 13.1 Å². The van der Waals surface area contributed by atoms with E-state index in [0.29, 0.717) is 6.54 Å². The Balaban J connectivity index is 0.000000247. The Hall–Kier alpha value is -2.33. The van der Waals surface area contributed by atoms with Gasteiger partial charge < -0.3 is 10.2 Å². The number of para-hydroxylation sites is 1. The number of nitrogens with one attached hydrogen (secondary N) is 2. The van der Waals surface area contributed by atoms with Gasteiger partial charge in [-0.1, -0.05) is 48.5 Å². The van der Waals surface area contributed by atoms with Crippen molar-refractivity contribution in [3.05, 3.63) is 66.2 Å². The topological polar surface area (TPSA) is 45.7 Å². The summed E-state index contributed by atoms with van der Waals surface area (Å²) < 4.78 is 0. The Bertz CT molecular complexity index is 454. The molecular weight excluding hydrogens is 250 g/mol. The molecule has 2 aromatic carbocycles. The van der Waals surface area contributed by atoms with Crippen molar-refractivity contribution in [2.45, 2.75) is 6.54 Å². The first-order valence-corrected chi connectivity index (χ1v) is 6.65. The Morgan fingerprint density at radius 2 is 1.70 bits per heavy atom. The summed E-state index contributed by atoms with van der Waals surface area (Å²) in [6.07, 6.45) is 1.74. The Morgan fingerprint density at radius 1 is 1.00 bits per heavy atom. The molecule has 1 aliphatic rings. The van der Waals surface area contributed by atoms with Crippen molar-refractivity contribution < 1.29 is 4.84 Å². The maximum Gasteiger partial charge on any atom is 0.147 e. The Kier molecular flexibility index (Phi) is 6.14. The summed E-state index contributed by atoms with van der Waals surface area (Å²) in [6, 6.07) is 19.8. The average molecular weight is 269 g/mol. The third-order valence-electron chi connectivity index (χ3n) is 2.62. The summed E-state index contributed by atoms with van der Waals surface area (Å²) in [5, 5.41) is 2.93. The molecule has 20 heavy (non-hydrogen) atoms. The molecule has 0 spiro atoms. The van der Waals surface area contributed by atoms with Crippen molar-refractivity contribution in [3.8, 4) is 5.75 Å². The van der Waals surface area contributed by atoms with Crippen molar-refractivity contribution >= 4 is 6.34 Å². The zero-order valence-electron chi connectivity index (χ0n) is 11.3. The molecule has 1 aliphatic heterocycles. The first-order valence-electron chi connectivity index (χ1n) is 6.65. The van der Waals surface area contributed by atoms with E-state index in [2.05, 4.69) is 27.9 Å². The lowest BCUT2D eigenvalue weighted by atomic mass is 10.2. The molecule has 2 N–H and O–H groups in total. The van der Waals surface area contributed by atoms with Crippen LogP contribution in [0.3, 0.4) is 0 Å². The molecule has 0 aromatic heterocycles. The van der Waals surface area contributed by atoms with Gasteiger partial charge in [0.1, 0.15) is 5.75 Å². The van der Waals surface area contributed by atoms with Gasteiger partial charge in [-0.3, -0.25) is 4.99 Å². The van der Waals surface area contributed by atoms with Crippen LogP contribution in [-0.2, 0) is 6.54 Å². The van der Waals surface area contributed by atoms with E-state index >= 15 is 0 Å². The summed E-state index contributed by atoms with van der Waals surface area (Å²) in [5.41, 5.74) is 4.12. The van der Waals surface area contributed by atoms with E-state index in [-0.39, 0.29) is 0 Å². The van der Waals surface area contributed by atoms with Gasteiger partial charge in [-0.2, -0.15) is 5.48 Å². The normalized spacial score (nSPS) is 12.2. The van der Waals surface area contributed by atoms with Crippen LogP contribution >= 0.6 is 0 Å². The fourth-order valence-electron chi connectivity index (χ4n) is 1.61. The van der Waals surface area contributed by atoms with Crippen LogP contribution in [0.15, 0.2) is 65.7 Å². The van der Waals surface area contributed by atoms with Crippen LogP contribution in [-0.4, -0.2) is 19.4 Å². The number of aliphatic imine (C=N–C) groups is 1. The SMILES string of the molecule is C1=NCCN1.c1ccc(CNOc2ccccc2)cc1. The second kappa shape index (κ2) is 8.72. The van der Waals surface area contributed by atoms with E-state index in [1.165, 1.54) is 5.56 Å². The van der Waals surface area contributed by atoms with E-state index in [4.69, 9.17) is 4.84 Å². The highest BCUT2D eigenvalue weighted by Gasteiger charge is 1.92. The van der Waals surface area contributed by atoms with Crippen molar-refractivity contribution in [1.29, 1.82) is 0 Å². The molecule has 0 unspecified atom stereocenters. The van der Waals surface area contributed by atoms with Gasteiger partial charge >= 0.3 is 0 Å². The quantitative estimate of drug-likeness (QED) is 0.838. The summed E-state index contributed by atoms with van der Waals surface area (Å²) >= 11 is 0. The highest BCUT2D eigenvalue weighted by molar-refractivity contribution is 5.56. The highest BCUT2D eigenvalue weighted by Crippen LogP contribution is 2.07. The van der Waals surface area contributed by atoms with Gasteiger partial charge in [0.15, 0.2) is 0 Å². The predicted octanol–water partition coefficient (Wildman–Crippen LogP) is 2.39. The lowest BCUT2D eigenvalue weighted by molar-refractivity contribution is 0.190. The monoisotopic (exact) mass is 269 g/mol. The first kappa shape index (κ1) is 14.1. The third-order valence-corrected chi connectivity index (χ3v) is 2.62. The molecule has 0 saturated carbocycles. The average Bonchev–Trinajstić information content (AvgIpc) is 3.09. The number of rotatable bonds is 4. The first-order chi connectivity index (χ1) is 9.95. The van der Waals surface area contributed by atoms with Crippen LogP contribution in [0.4, 0.5) is 0 Å². The molecule has 0 radical (unpaired) electrons. The summed E-state index contributed by atoms with van der Waals surface area (Å²) in [4.78, 5) is 9.21. The molecule has 4 heteroatoms. The van der Waals surface area contributed by atoms with E-state index < -0.39 is 0 Å². The number of nitrogens with zero attached hydrogens (tertiary/aromatic N) is 1. The highest BCUT2D eigenvalue weighted by atomic mass is 16.6. The van der Waals surface area contributed by atoms with Gasteiger partial charge in [0.25, 0.3) is 0 Å². The third kappa shape index (κ3) is 5.54. The molecule has 0 aliphatic carbocycles. The molecule has 2 aromatic rings. The molecule has 4 nitrogen and oxygen atoms in total. The fraction of sp³-hybridized carbons (Fsp3) is 0.188. The largest absolute Gasteiger partial charge is 0.408 e. The Morgan fingerprint density at radius 3 is 2.25 bits per heavy atom. The molecule has 0 bridgehead atoms. The van der Waals surface area contributed by atoms with Crippen LogP contribution < -0.4 is 15.6 Å². The van der Waals surface area contributed by atoms with Crippen molar-refractivity contribution in [1.82, 2.24) is 10.8 Å². The van der Waals surface area contributed by atoms with E-state index in [1.807, 2.05) is 48.5 Å². The zero-order valence-corrected chi connectivity index (χ0v) is 11.3. The predicted molar refractivity (Wildman–Crippen MR) is 81.7 cm³/mol. The van der Waals surface area contributed by atoms with Gasteiger partial charge in [-0.05, 0) is 17.7 Å². The van der Waals surface area contributed by atoms with Gasteiger partial charge in [-0.15, -0.1) is 0 Å². The van der Waals surface area contributed by atoms with E-state index in [9.17, 15) is 0 Å².